The maximum absolute atomic E-state index is 11.2. The third-order valence-electron chi connectivity index (χ3n) is 2.24. The predicted molar refractivity (Wildman–Crippen MR) is 61.8 cm³/mol. The molecular weight excluding hydrogens is 228 g/mol. The number of Topliss-reactive ketones (excluding diaryl/α,β-unsaturated/α-hetero) is 1. The van der Waals surface area contributed by atoms with Crippen molar-refractivity contribution in [3.05, 3.63) is 35.4 Å². The van der Waals surface area contributed by atoms with Crippen molar-refractivity contribution in [2.75, 3.05) is 13.0 Å². The molecule has 0 aliphatic rings. The molecule has 0 aliphatic heterocycles. The van der Waals surface area contributed by atoms with Gasteiger partial charge in [0.2, 0.25) is 0 Å². The summed E-state index contributed by atoms with van der Waals surface area (Å²) in [6, 6.07) is 7.08. The van der Waals surface area contributed by atoms with Gasteiger partial charge in [0.25, 0.3) is 0 Å². The molecule has 4 heteroatoms. The molecule has 0 heterocycles. The zero-order chi connectivity index (χ0) is 12.0. The van der Waals surface area contributed by atoms with Crippen LogP contribution in [0.5, 0.6) is 0 Å². The molecule has 0 aromatic heterocycles. The monoisotopic (exact) mass is 240 g/mol. The number of ether oxygens (including phenoxy) is 1. The average Bonchev–Trinajstić information content (AvgIpc) is 2.35. The lowest BCUT2D eigenvalue weighted by Crippen LogP contribution is -2.03. The van der Waals surface area contributed by atoms with Gasteiger partial charge in [0.05, 0.1) is 13.0 Å². The SMILES string of the molecule is COC(=O)CCc1ccc(C(=O)CCl)cc1. The molecule has 1 aromatic carbocycles. The van der Waals surface area contributed by atoms with Crippen LogP contribution in [0.25, 0.3) is 0 Å². The molecule has 0 N–H and O–H groups in total. The summed E-state index contributed by atoms with van der Waals surface area (Å²) in [5.74, 6) is -0.344. The number of hydrogen-bond donors (Lipinski definition) is 0. The molecule has 0 fully saturated rings. The van der Waals surface area contributed by atoms with Crippen LogP contribution in [-0.2, 0) is 16.0 Å². The second-order valence-corrected chi connectivity index (χ2v) is 3.60. The highest BCUT2D eigenvalue weighted by Gasteiger charge is 2.05. The van der Waals surface area contributed by atoms with Crippen molar-refractivity contribution in [2.24, 2.45) is 0 Å². The average molecular weight is 241 g/mol. The van der Waals surface area contributed by atoms with Crippen molar-refractivity contribution in [1.29, 1.82) is 0 Å². The fourth-order valence-corrected chi connectivity index (χ4v) is 1.44. The Morgan fingerprint density at radius 2 is 1.88 bits per heavy atom. The zero-order valence-corrected chi connectivity index (χ0v) is 9.79. The van der Waals surface area contributed by atoms with Crippen molar-refractivity contribution in [1.82, 2.24) is 0 Å². The van der Waals surface area contributed by atoms with Crippen LogP contribution in [0.15, 0.2) is 24.3 Å². The van der Waals surface area contributed by atoms with Crippen LogP contribution in [0.2, 0.25) is 0 Å². The molecule has 3 nitrogen and oxygen atoms in total. The van der Waals surface area contributed by atoms with Crippen LogP contribution in [0.4, 0.5) is 0 Å². The van der Waals surface area contributed by atoms with E-state index in [4.69, 9.17) is 11.6 Å². The van der Waals surface area contributed by atoms with Crippen molar-refractivity contribution in [2.45, 2.75) is 12.8 Å². The smallest absolute Gasteiger partial charge is 0.305 e. The second kappa shape index (κ2) is 6.28. The number of aryl methyl sites for hydroxylation is 1. The predicted octanol–water partition coefficient (Wildman–Crippen LogP) is 2.21. The highest BCUT2D eigenvalue weighted by atomic mass is 35.5. The van der Waals surface area contributed by atoms with E-state index >= 15 is 0 Å². The number of methoxy groups -OCH3 is 1. The van der Waals surface area contributed by atoms with Crippen LogP contribution < -0.4 is 0 Å². The van der Waals surface area contributed by atoms with Gasteiger partial charge >= 0.3 is 5.97 Å². The highest BCUT2D eigenvalue weighted by Crippen LogP contribution is 2.08. The second-order valence-electron chi connectivity index (χ2n) is 3.33. The maximum atomic E-state index is 11.2. The van der Waals surface area contributed by atoms with Gasteiger partial charge < -0.3 is 4.74 Å². The Hall–Kier alpha value is -1.35. The number of benzene rings is 1. The quantitative estimate of drug-likeness (QED) is 0.450. The van der Waals surface area contributed by atoms with Gasteiger partial charge in [-0.2, -0.15) is 0 Å². The number of carbonyl (C=O) groups excluding carboxylic acids is 2. The first kappa shape index (κ1) is 12.7. The molecule has 86 valence electrons. The Morgan fingerprint density at radius 1 is 1.25 bits per heavy atom. The third kappa shape index (κ3) is 3.66. The van der Waals surface area contributed by atoms with Gasteiger partial charge in [0.15, 0.2) is 5.78 Å². The van der Waals surface area contributed by atoms with E-state index in [1.165, 1.54) is 7.11 Å². The minimum atomic E-state index is -0.235. The summed E-state index contributed by atoms with van der Waals surface area (Å²) in [7, 11) is 1.37. The van der Waals surface area contributed by atoms with E-state index in [9.17, 15) is 9.59 Å². The Morgan fingerprint density at radius 3 is 2.38 bits per heavy atom. The van der Waals surface area contributed by atoms with E-state index < -0.39 is 0 Å². The number of hydrogen-bond acceptors (Lipinski definition) is 3. The largest absolute Gasteiger partial charge is 0.469 e. The van der Waals surface area contributed by atoms with Crippen molar-refractivity contribution in [3.8, 4) is 0 Å². The number of halogens is 1. The number of ketones is 1. The lowest BCUT2D eigenvalue weighted by Gasteiger charge is -2.02. The van der Waals surface area contributed by atoms with Gasteiger partial charge in [-0.05, 0) is 12.0 Å². The van der Waals surface area contributed by atoms with E-state index in [2.05, 4.69) is 4.74 Å². The first-order chi connectivity index (χ1) is 7.67. The highest BCUT2D eigenvalue weighted by molar-refractivity contribution is 6.30. The summed E-state index contributed by atoms with van der Waals surface area (Å²) in [6.45, 7) is 0. The van der Waals surface area contributed by atoms with Gasteiger partial charge in [-0.3, -0.25) is 9.59 Å². The van der Waals surface area contributed by atoms with Gasteiger partial charge in [-0.25, -0.2) is 0 Å². The first-order valence-corrected chi connectivity index (χ1v) is 5.45. The minimum Gasteiger partial charge on any atom is -0.469 e. The van der Waals surface area contributed by atoms with Gasteiger partial charge in [0.1, 0.15) is 0 Å². The molecular formula is C12H13ClO3. The zero-order valence-electron chi connectivity index (χ0n) is 9.03. The van der Waals surface area contributed by atoms with Gasteiger partial charge in [-0.15, -0.1) is 11.6 Å². The molecule has 0 radical (unpaired) electrons. The maximum Gasteiger partial charge on any atom is 0.305 e. The molecule has 0 unspecified atom stereocenters. The number of alkyl halides is 1. The molecule has 1 rings (SSSR count). The van der Waals surface area contributed by atoms with Crippen LogP contribution >= 0.6 is 11.6 Å². The van der Waals surface area contributed by atoms with E-state index in [1.807, 2.05) is 12.1 Å². The summed E-state index contributed by atoms with van der Waals surface area (Å²) in [4.78, 5) is 22.1. The third-order valence-corrected chi connectivity index (χ3v) is 2.49. The first-order valence-electron chi connectivity index (χ1n) is 4.92. The lowest BCUT2D eigenvalue weighted by molar-refractivity contribution is -0.140. The summed E-state index contributed by atoms with van der Waals surface area (Å²) < 4.78 is 4.54. The normalized spacial score (nSPS) is 9.88. The Kier molecular flexibility index (Phi) is 4.99. The Labute approximate surface area is 99.4 Å². The van der Waals surface area contributed by atoms with Crippen LogP contribution in [0.1, 0.15) is 22.3 Å². The molecule has 0 saturated carbocycles. The summed E-state index contributed by atoms with van der Waals surface area (Å²) in [6.07, 6.45) is 0.960. The van der Waals surface area contributed by atoms with Crippen molar-refractivity contribution in [3.63, 3.8) is 0 Å². The van der Waals surface area contributed by atoms with E-state index in [-0.39, 0.29) is 17.6 Å². The van der Waals surface area contributed by atoms with E-state index in [1.54, 1.807) is 12.1 Å². The number of carbonyl (C=O) groups is 2. The molecule has 0 aliphatic carbocycles. The van der Waals surface area contributed by atoms with Crippen LogP contribution in [-0.4, -0.2) is 24.7 Å². The van der Waals surface area contributed by atoms with E-state index in [0.717, 1.165) is 5.56 Å². The molecule has 0 atom stereocenters. The summed E-state index contributed by atoms with van der Waals surface area (Å²) in [5.41, 5.74) is 1.59. The Bertz CT molecular complexity index is 370. The molecule has 0 spiro atoms. The fourth-order valence-electron chi connectivity index (χ4n) is 1.28. The molecule has 1 aromatic rings. The van der Waals surface area contributed by atoms with E-state index in [0.29, 0.717) is 18.4 Å². The Balaban J connectivity index is 2.58. The summed E-state index contributed by atoms with van der Waals surface area (Å²) in [5, 5.41) is 0. The number of esters is 1. The summed E-state index contributed by atoms with van der Waals surface area (Å²) >= 11 is 5.44. The van der Waals surface area contributed by atoms with Crippen LogP contribution in [0, 0.1) is 0 Å². The van der Waals surface area contributed by atoms with Crippen molar-refractivity contribution >= 4 is 23.4 Å². The van der Waals surface area contributed by atoms with Gasteiger partial charge in [0, 0.05) is 12.0 Å². The standard InChI is InChI=1S/C12H13ClO3/c1-16-12(15)7-4-9-2-5-10(6-3-9)11(14)8-13/h2-3,5-6H,4,7-8H2,1H3. The molecule has 0 bridgehead atoms. The fraction of sp³-hybridized carbons (Fsp3) is 0.333. The van der Waals surface area contributed by atoms with Gasteiger partial charge in [-0.1, -0.05) is 24.3 Å². The van der Waals surface area contributed by atoms with Crippen molar-refractivity contribution < 1.29 is 14.3 Å². The number of rotatable bonds is 5. The molecule has 16 heavy (non-hydrogen) atoms. The lowest BCUT2D eigenvalue weighted by atomic mass is 10.1. The topological polar surface area (TPSA) is 43.4 Å². The molecule has 0 amide bonds. The molecule has 0 saturated heterocycles. The minimum absolute atomic E-state index is 0.0124. The van der Waals surface area contributed by atoms with Crippen LogP contribution in [0.3, 0.4) is 0 Å².